The highest BCUT2D eigenvalue weighted by atomic mass is 14.5. The first kappa shape index (κ1) is 10.2. The van der Waals surface area contributed by atoms with Crippen molar-refractivity contribution in [1.82, 2.24) is 0 Å². The fraction of sp³-hybridized carbons (Fsp3) is 1.00. The van der Waals surface area contributed by atoms with Crippen molar-refractivity contribution in [3.8, 4) is 0 Å². The van der Waals surface area contributed by atoms with Crippen LogP contribution in [0, 0.1) is 23.7 Å². The Morgan fingerprint density at radius 3 is 1.47 bits per heavy atom. The molecule has 3 aliphatic carbocycles. The standard InChI is InChI=1S/C15H26/c1-2-4-6-8-15-13-10-9-12(11-13)14(15)7-5-3-1/h12-15H,1-11H2. The van der Waals surface area contributed by atoms with Gasteiger partial charge in [-0.25, -0.2) is 0 Å². The van der Waals surface area contributed by atoms with Crippen LogP contribution in [0.1, 0.15) is 70.6 Å². The van der Waals surface area contributed by atoms with Gasteiger partial charge in [-0.3, -0.25) is 0 Å². The van der Waals surface area contributed by atoms with E-state index in [1.54, 1.807) is 44.9 Å². The van der Waals surface area contributed by atoms with Gasteiger partial charge in [0.05, 0.1) is 0 Å². The summed E-state index contributed by atoms with van der Waals surface area (Å²) in [7, 11) is 0. The van der Waals surface area contributed by atoms with E-state index in [2.05, 4.69) is 0 Å². The molecule has 0 aromatic heterocycles. The van der Waals surface area contributed by atoms with E-state index >= 15 is 0 Å². The number of fused-ring (bicyclic) bond motifs is 5. The van der Waals surface area contributed by atoms with Crippen LogP contribution in [-0.2, 0) is 0 Å². The Morgan fingerprint density at radius 2 is 0.933 bits per heavy atom. The molecule has 0 heteroatoms. The topological polar surface area (TPSA) is 0 Å². The van der Waals surface area contributed by atoms with Gasteiger partial charge in [0.2, 0.25) is 0 Å². The summed E-state index contributed by atoms with van der Waals surface area (Å²) in [5, 5.41) is 0. The molecule has 0 N–H and O–H groups in total. The zero-order chi connectivity index (χ0) is 10.1. The van der Waals surface area contributed by atoms with Crippen molar-refractivity contribution in [3.63, 3.8) is 0 Å². The van der Waals surface area contributed by atoms with Crippen LogP contribution >= 0.6 is 0 Å². The molecule has 0 saturated heterocycles. The summed E-state index contributed by atoms with van der Waals surface area (Å²) in [5.41, 5.74) is 0. The third-order valence-electron chi connectivity index (χ3n) is 5.60. The van der Waals surface area contributed by atoms with Gasteiger partial charge >= 0.3 is 0 Å². The van der Waals surface area contributed by atoms with Crippen LogP contribution in [0.3, 0.4) is 0 Å². The zero-order valence-corrected chi connectivity index (χ0v) is 10.1. The van der Waals surface area contributed by atoms with Crippen LogP contribution in [0.2, 0.25) is 0 Å². The molecule has 3 saturated carbocycles. The quantitative estimate of drug-likeness (QED) is 0.535. The minimum atomic E-state index is 1.17. The Bertz CT molecular complexity index is 186. The molecule has 0 amide bonds. The molecule has 0 nitrogen and oxygen atoms in total. The lowest BCUT2D eigenvalue weighted by Gasteiger charge is -2.32. The maximum atomic E-state index is 1.62. The molecule has 15 heavy (non-hydrogen) atoms. The predicted molar refractivity (Wildman–Crippen MR) is 64.7 cm³/mol. The number of rotatable bonds is 0. The maximum Gasteiger partial charge on any atom is -0.0355 e. The molecule has 3 aliphatic rings. The molecular formula is C15H26. The van der Waals surface area contributed by atoms with Crippen molar-refractivity contribution >= 4 is 0 Å². The van der Waals surface area contributed by atoms with Gasteiger partial charge < -0.3 is 0 Å². The molecule has 3 fully saturated rings. The van der Waals surface area contributed by atoms with Gasteiger partial charge in [-0.1, -0.05) is 38.5 Å². The maximum absolute atomic E-state index is 1.62. The first-order valence-corrected chi connectivity index (χ1v) is 7.45. The second kappa shape index (κ2) is 4.47. The van der Waals surface area contributed by atoms with Gasteiger partial charge in [-0.05, 0) is 55.8 Å². The Balaban J connectivity index is 1.66. The highest BCUT2D eigenvalue weighted by Gasteiger charge is 2.46. The van der Waals surface area contributed by atoms with Gasteiger partial charge in [0, 0.05) is 0 Å². The van der Waals surface area contributed by atoms with Crippen molar-refractivity contribution in [2.24, 2.45) is 23.7 Å². The Hall–Kier alpha value is 0. The van der Waals surface area contributed by atoms with E-state index in [0.717, 1.165) is 0 Å². The van der Waals surface area contributed by atoms with Crippen molar-refractivity contribution in [1.29, 1.82) is 0 Å². The zero-order valence-electron chi connectivity index (χ0n) is 10.1. The van der Waals surface area contributed by atoms with E-state index in [-0.39, 0.29) is 0 Å². The first-order valence-electron chi connectivity index (χ1n) is 7.45. The van der Waals surface area contributed by atoms with Crippen molar-refractivity contribution < 1.29 is 0 Å². The number of hydrogen-bond acceptors (Lipinski definition) is 0. The van der Waals surface area contributed by atoms with Crippen LogP contribution in [0.25, 0.3) is 0 Å². The molecule has 0 spiro atoms. The van der Waals surface area contributed by atoms with Gasteiger partial charge in [0.1, 0.15) is 0 Å². The van der Waals surface area contributed by atoms with Gasteiger partial charge in [0.15, 0.2) is 0 Å². The number of hydrogen-bond donors (Lipinski definition) is 0. The Labute approximate surface area is 94.8 Å². The summed E-state index contributed by atoms with van der Waals surface area (Å²) in [4.78, 5) is 0. The summed E-state index contributed by atoms with van der Waals surface area (Å²) in [6, 6.07) is 0. The van der Waals surface area contributed by atoms with Gasteiger partial charge in [0.25, 0.3) is 0 Å². The molecule has 0 aromatic carbocycles. The van der Waals surface area contributed by atoms with Crippen LogP contribution in [-0.4, -0.2) is 0 Å². The van der Waals surface area contributed by atoms with Crippen molar-refractivity contribution in [2.75, 3.05) is 0 Å². The molecule has 86 valence electrons. The van der Waals surface area contributed by atoms with Crippen LogP contribution in [0.4, 0.5) is 0 Å². The van der Waals surface area contributed by atoms with Gasteiger partial charge in [-0.15, -0.1) is 0 Å². The highest BCUT2D eigenvalue weighted by Crippen LogP contribution is 2.55. The average Bonchev–Trinajstić information content (AvgIpc) is 2.85. The van der Waals surface area contributed by atoms with E-state index in [4.69, 9.17) is 0 Å². The van der Waals surface area contributed by atoms with Crippen LogP contribution < -0.4 is 0 Å². The molecule has 0 aromatic rings. The summed E-state index contributed by atoms with van der Waals surface area (Å²) in [5.74, 6) is 4.67. The smallest absolute Gasteiger partial charge is 0.0355 e. The van der Waals surface area contributed by atoms with Crippen LogP contribution in [0.5, 0.6) is 0 Å². The third kappa shape index (κ3) is 1.97. The predicted octanol–water partition coefficient (Wildman–Crippen LogP) is 4.78. The van der Waals surface area contributed by atoms with E-state index in [0.29, 0.717) is 0 Å². The van der Waals surface area contributed by atoms with E-state index in [9.17, 15) is 0 Å². The molecule has 0 aliphatic heterocycles. The van der Waals surface area contributed by atoms with Crippen molar-refractivity contribution in [2.45, 2.75) is 70.6 Å². The second-order valence-electron chi connectivity index (χ2n) is 6.36. The largest absolute Gasteiger partial charge is 0.0533 e. The van der Waals surface area contributed by atoms with E-state index < -0.39 is 0 Å². The molecule has 3 rings (SSSR count). The summed E-state index contributed by atoms with van der Waals surface area (Å²) in [6.07, 6.45) is 17.2. The lowest BCUT2D eigenvalue weighted by Crippen LogP contribution is -2.22. The monoisotopic (exact) mass is 206 g/mol. The average molecular weight is 206 g/mol. The summed E-state index contributed by atoms with van der Waals surface area (Å²) < 4.78 is 0. The molecule has 0 radical (unpaired) electrons. The molecule has 4 unspecified atom stereocenters. The molecule has 2 bridgehead atoms. The Kier molecular flexibility index (Phi) is 3.03. The molecule has 4 atom stereocenters. The van der Waals surface area contributed by atoms with Gasteiger partial charge in [-0.2, -0.15) is 0 Å². The minimum Gasteiger partial charge on any atom is -0.0533 e. The highest BCUT2D eigenvalue weighted by molar-refractivity contribution is 4.96. The van der Waals surface area contributed by atoms with E-state index in [1.165, 1.54) is 49.4 Å². The Morgan fingerprint density at radius 1 is 0.467 bits per heavy atom. The lowest BCUT2D eigenvalue weighted by molar-refractivity contribution is 0.184. The van der Waals surface area contributed by atoms with E-state index in [1.807, 2.05) is 0 Å². The van der Waals surface area contributed by atoms with Crippen molar-refractivity contribution in [3.05, 3.63) is 0 Å². The van der Waals surface area contributed by atoms with Crippen LogP contribution in [0.15, 0.2) is 0 Å². The SMILES string of the molecule is C1CCCCC2C3CCC(C3)C2CCC1. The normalized spacial score (nSPS) is 46.4. The minimum absolute atomic E-state index is 1.17. The molecule has 0 heterocycles. The second-order valence-corrected chi connectivity index (χ2v) is 6.36. The first-order chi connectivity index (χ1) is 7.45. The third-order valence-corrected chi connectivity index (χ3v) is 5.60. The fourth-order valence-electron chi connectivity index (χ4n) is 4.90. The summed E-state index contributed by atoms with van der Waals surface area (Å²) >= 11 is 0. The molecular weight excluding hydrogens is 180 g/mol. The lowest BCUT2D eigenvalue weighted by atomic mass is 9.74. The summed E-state index contributed by atoms with van der Waals surface area (Å²) in [6.45, 7) is 0. The fourth-order valence-corrected chi connectivity index (χ4v) is 4.90.